The van der Waals surface area contributed by atoms with E-state index in [1.165, 1.54) is 32.1 Å². The summed E-state index contributed by atoms with van der Waals surface area (Å²) in [5.41, 5.74) is 2.30. The van der Waals surface area contributed by atoms with Crippen LogP contribution in [0.1, 0.15) is 49.1 Å². The second kappa shape index (κ2) is 4.04. The average Bonchev–Trinajstić information content (AvgIpc) is 2.19. The van der Waals surface area contributed by atoms with E-state index in [4.69, 9.17) is 0 Å². The smallest absolute Gasteiger partial charge is 0.119 e. The average molecular weight is 190 g/mol. The molecule has 1 aromatic rings. The molecule has 0 saturated heterocycles. The fourth-order valence-corrected chi connectivity index (χ4v) is 2.41. The summed E-state index contributed by atoms with van der Waals surface area (Å²) in [6.45, 7) is 2.02. The van der Waals surface area contributed by atoms with Gasteiger partial charge < -0.3 is 5.11 Å². The maximum absolute atomic E-state index is 9.84. The first-order chi connectivity index (χ1) is 6.77. The third kappa shape index (κ3) is 1.92. The normalized spacial score (nSPS) is 18.4. The Hall–Kier alpha value is -0.980. The highest BCUT2D eigenvalue weighted by atomic mass is 16.3. The number of hydrogen-bond acceptors (Lipinski definition) is 1. The summed E-state index contributed by atoms with van der Waals surface area (Å²) >= 11 is 0. The Morgan fingerprint density at radius 2 is 1.86 bits per heavy atom. The molecule has 0 unspecified atom stereocenters. The molecule has 0 amide bonds. The summed E-state index contributed by atoms with van der Waals surface area (Å²) in [4.78, 5) is 0. The molecule has 0 bridgehead atoms. The van der Waals surface area contributed by atoms with Crippen LogP contribution in [0.25, 0.3) is 0 Å². The Labute approximate surface area is 85.8 Å². The van der Waals surface area contributed by atoms with E-state index >= 15 is 0 Å². The Morgan fingerprint density at radius 3 is 2.50 bits per heavy atom. The zero-order valence-corrected chi connectivity index (χ0v) is 8.79. The van der Waals surface area contributed by atoms with Crippen molar-refractivity contribution in [2.45, 2.75) is 44.9 Å². The lowest BCUT2D eigenvalue weighted by Crippen LogP contribution is -2.04. The molecule has 0 radical (unpaired) electrons. The van der Waals surface area contributed by atoms with Crippen molar-refractivity contribution in [2.75, 3.05) is 0 Å². The van der Waals surface area contributed by atoms with Crippen LogP contribution in [0.5, 0.6) is 5.75 Å². The first-order valence-electron chi connectivity index (χ1n) is 5.57. The standard InChI is InChI=1S/C13H18O/c1-10-7-8-12(13(14)9-10)11-5-3-2-4-6-11/h7-9,11,14H,2-6H2,1H3. The van der Waals surface area contributed by atoms with Gasteiger partial charge in [-0.25, -0.2) is 0 Å². The molecule has 1 fully saturated rings. The van der Waals surface area contributed by atoms with Gasteiger partial charge in [-0.2, -0.15) is 0 Å². The van der Waals surface area contributed by atoms with E-state index in [2.05, 4.69) is 12.1 Å². The predicted octanol–water partition coefficient (Wildman–Crippen LogP) is 3.75. The molecule has 0 aromatic heterocycles. The molecule has 1 N–H and O–H groups in total. The van der Waals surface area contributed by atoms with Crippen LogP contribution in [0.4, 0.5) is 0 Å². The Kier molecular flexibility index (Phi) is 2.76. The van der Waals surface area contributed by atoms with Gasteiger partial charge in [0.15, 0.2) is 0 Å². The van der Waals surface area contributed by atoms with Crippen LogP contribution < -0.4 is 0 Å². The van der Waals surface area contributed by atoms with Crippen LogP contribution in [0.3, 0.4) is 0 Å². The molecular formula is C13H18O. The summed E-state index contributed by atoms with van der Waals surface area (Å²) in [5.74, 6) is 1.10. The second-order valence-corrected chi connectivity index (χ2v) is 4.40. The monoisotopic (exact) mass is 190 g/mol. The van der Waals surface area contributed by atoms with Crippen molar-refractivity contribution in [3.63, 3.8) is 0 Å². The van der Waals surface area contributed by atoms with E-state index in [-0.39, 0.29) is 0 Å². The molecule has 0 spiro atoms. The molecule has 2 rings (SSSR count). The van der Waals surface area contributed by atoms with E-state index in [1.54, 1.807) is 0 Å². The summed E-state index contributed by atoms with van der Waals surface area (Å²) in [6.07, 6.45) is 6.49. The summed E-state index contributed by atoms with van der Waals surface area (Å²) < 4.78 is 0. The van der Waals surface area contributed by atoms with Gasteiger partial charge in [0.1, 0.15) is 5.75 Å². The second-order valence-electron chi connectivity index (χ2n) is 4.40. The summed E-state index contributed by atoms with van der Waals surface area (Å²) in [6, 6.07) is 6.08. The van der Waals surface area contributed by atoms with Crippen molar-refractivity contribution in [1.29, 1.82) is 0 Å². The highest BCUT2D eigenvalue weighted by Gasteiger charge is 2.17. The lowest BCUT2D eigenvalue weighted by atomic mass is 9.83. The predicted molar refractivity (Wildman–Crippen MR) is 58.7 cm³/mol. The molecular weight excluding hydrogens is 172 g/mol. The molecule has 1 aliphatic carbocycles. The van der Waals surface area contributed by atoms with Crippen LogP contribution in [0.15, 0.2) is 18.2 Å². The fourth-order valence-electron chi connectivity index (χ4n) is 2.41. The van der Waals surface area contributed by atoms with Gasteiger partial charge in [-0.1, -0.05) is 31.4 Å². The van der Waals surface area contributed by atoms with Crippen molar-refractivity contribution < 1.29 is 5.11 Å². The van der Waals surface area contributed by atoms with E-state index < -0.39 is 0 Å². The lowest BCUT2D eigenvalue weighted by molar-refractivity contribution is 0.414. The number of aryl methyl sites for hydroxylation is 1. The molecule has 0 aliphatic heterocycles. The SMILES string of the molecule is Cc1ccc(C2CCCCC2)c(O)c1. The van der Waals surface area contributed by atoms with Crippen LogP contribution in [-0.2, 0) is 0 Å². The molecule has 1 aromatic carbocycles. The van der Waals surface area contributed by atoms with Gasteiger partial charge in [-0.15, -0.1) is 0 Å². The Balaban J connectivity index is 2.22. The van der Waals surface area contributed by atoms with E-state index in [0.717, 1.165) is 11.1 Å². The minimum absolute atomic E-state index is 0.497. The summed E-state index contributed by atoms with van der Waals surface area (Å²) in [5, 5.41) is 9.84. The molecule has 14 heavy (non-hydrogen) atoms. The summed E-state index contributed by atoms with van der Waals surface area (Å²) in [7, 11) is 0. The minimum atomic E-state index is 0.497. The van der Waals surface area contributed by atoms with Gasteiger partial charge in [-0.05, 0) is 42.9 Å². The Morgan fingerprint density at radius 1 is 1.14 bits per heavy atom. The van der Waals surface area contributed by atoms with Crippen molar-refractivity contribution in [3.05, 3.63) is 29.3 Å². The molecule has 0 atom stereocenters. The number of phenols is 1. The number of phenolic OH excluding ortho intramolecular Hbond substituents is 1. The number of rotatable bonds is 1. The van der Waals surface area contributed by atoms with Crippen LogP contribution in [0, 0.1) is 6.92 Å². The highest BCUT2D eigenvalue weighted by Crippen LogP contribution is 2.37. The number of hydrogen-bond donors (Lipinski definition) is 1. The maximum atomic E-state index is 9.84. The topological polar surface area (TPSA) is 20.2 Å². The van der Waals surface area contributed by atoms with Crippen molar-refractivity contribution in [1.82, 2.24) is 0 Å². The molecule has 1 heteroatoms. The van der Waals surface area contributed by atoms with Gasteiger partial charge >= 0.3 is 0 Å². The molecule has 1 aliphatic rings. The molecule has 0 heterocycles. The van der Waals surface area contributed by atoms with Crippen molar-refractivity contribution in [3.8, 4) is 5.75 Å². The van der Waals surface area contributed by atoms with E-state index in [9.17, 15) is 5.11 Å². The van der Waals surface area contributed by atoms with Crippen LogP contribution in [-0.4, -0.2) is 5.11 Å². The van der Waals surface area contributed by atoms with Gasteiger partial charge in [0.05, 0.1) is 0 Å². The molecule has 1 saturated carbocycles. The Bertz CT molecular complexity index is 311. The third-order valence-corrected chi connectivity index (χ3v) is 3.23. The number of benzene rings is 1. The molecule has 76 valence electrons. The van der Waals surface area contributed by atoms with Gasteiger partial charge in [0.2, 0.25) is 0 Å². The minimum Gasteiger partial charge on any atom is -0.508 e. The zero-order chi connectivity index (χ0) is 9.97. The first kappa shape index (κ1) is 9.57. The number of aromatic hydroxyl groups is 1. The fraction of sp³-hybridized carbons (Fsp3) is 0.538. The maximum Gasteiger partial charge on any atom is 0.119 e. The van der Waals surface area contributed by atoms with E-state index in [0.29, 0.717) is 11.7 Å². The van der Waals surface area contributed by atoms with Crippen LogP contribution >= 0.6 is 0 Å². The van der Waals surface area contributed by atoms with Gasteiger partial charge in [0.25, 0.3) is 0 Å². The van der Waals surface area contributed by atoms with Gasteiger partial charge in [-0.3, -0.25) is 0 Å². The van der Waals surface area contributed by atoms with Gasteiger partial charge in [0, 0.05) is 0 Å². The largest absolute Gasteiger partial charge is 0.508 e. The third-order valence-electron chi connectivity index (χ3n) is 3.23. The highest BCUT2D eigenvalue weighted by molar-refractivity contribution is 5.38. The lowest BCUT2D eigenvalue weighted by Gasteiger charge is -2.22. The zero-order valence-electron chi connectivity index (χ0n) is 8.79. The van der Waals surface area contributed by atoms with E-state index in [1.807, 2.05) is 13.0 Å². The first-order valence-corrected chi connectivity index (χ1v) is 5.57. The van der Waals surface area contributed by atoms with Crippen molar-refractivity contribution >= 4 is 0 Å². The quantitative estimate of drug-likeness (QED) is 0.715. The van der Waals surface area contributed by atoms with Crippen LogP contribution in [0.2, 0.25) is 0 Å². The van der Waals surface area contributed by atoms with Crippen molar-refractivity contribution in [2.24, 2.45) is 0 Å². The molecule has 1 nitrogen and oxygen atoms in total.